The standard InChI is InChI=1S/C17H24N2OS/c1-4-5-9-18-10-15-11-19-17(21-15)12-20-16-8-6-7-13(2)14(16)3/h6-8,11,18H,4-5,9-10,12H2,1-3H3. The maximum absolute atomic E-state index is 5.89. The molecule has 21 heavy (non-hydrogen) atoms. The van der Waals surface area contributed by atoms with Crippen molar-refractivity contribution in [1.29, 1.82) is 0 Å². The molecule has 3 nitrogen and oxygen atoms in total. The van der Waals surface area contributed by atoms with E-state index >= 15 is 0 Å². The molecule has 2 rings (SSSR count). The number of thiazole rings is 1. The van der Waals surface area contributed by atoms with Crippen LogP contribution in [-0.4, -0.2) is 11.5 Å². The van der Waals surface area contributed by atoms with Crippen molar-refractivity contribution < 1.29 is 4.74 Å². The Hall–Kier alpha value is -1.39. The second-order valence-electron chi connectivity index (χ2n) is 5.24. The molecule has 0 amide bonds. The van der Waals surface area contributed by atoms with Gasteiger partial charge in [0, 0.05) is 17.6 Å². The Kier molecular flexibility index (Phi) is 6.21. The molecule has 0 saturated carbocycles. The summed E-state index contributed by atoms with van der Waals surface area (Å²) in [6, 6.07) is 6.15. The van der Waals surface area contributed by atoms with Crippen molar-refractivity contribution in [2.24, 2.45) is 0 Å². The Morgan fingerprint density at radius 3 is 2.95 bits per heavy atom. The highest BCUT2D eigenvalue weighted by atomic mass is 32.1. The van der Waals surface area contributed by atoms with E-state index in [2.05, 4.69) is 37.1 Å². The van der Waals surface area contributed by atoms with Crippen LogP contribution in [0.4, 0.5) is 0 Å². The zero-order chi connectivity index (χ0) is 15.1. The van der Waals surface area contributed by atoms with Gasteiger partial charge in [0.15, 0.2) is 0 Å². The molecule has 0 aliphatic heterocycles. The monoisotopic (exact) mass is 304 g/mol. The molecule has 0 unspecified atom stereocenters. The minimum Gasteiger partial charge on any atom is -0.486 e. The molecular weight excluding hydrogens is 280 g/mol. The van der Waals surface area contributed by atoms with Crippen LogP contribution < -0.4 is 10.1 Å². The van der Waals surface area contributed by atoms with E-state index in [9.17, 15) is 0 Å². The van der Waals surface area contributed by atoms with E-state index in [1.165, 1.54) is 28.8 Å². The van der Waals surface area contributed by atoms with Crippen LogP contribution >= 0.6 is 11.3 Å². The third-order valence-electron chi connectivity index (χ3n) is 3.51. The van der Waals surface area contributed by atoms with Gasteiger partial charge in [0.25, 0.3) is 0 Å². The third kappa shape index (κ3) is 4.83. The van der Waals surface area contributed by atoms with Gasteiger partial charge in [0.1, 0.15) is 17.4 Å². The summed E-state index contributed by atoms with van der Waals surface area (Å²) in [5, 5.41) is 4.47. The van der Waals surface area contributed by atoms with Gasteiger partial charge in [-0.3, -0.25) is 0 Å². The number of hydrogen-bond donors (Lipinski definition) is 1. The van der Waals surface area contributed by atoms with Crippen molar-refractivity contribution in [3.05, 3.63) is 45.4 Å². The summed E-state index contributed by atoms with van der Waals surface area (Å²) in [4.78, 5) is 5.70. The molecule has 0 aliphatic carbocycles. The Bertz CT molecular complexity index is 566. The fourth-order valence-electron chi connectivity index (χ4n) is 2.03. The van der Waals surface area contributed by atoms with Crippen LogP contribution in [0.25, 0.3) is 0 Å². The van der Waals surface area contributed by atoms with Gasteiger partial charge >= 0.3 is 0 Å². The number of rotatable bonds is 8. The topological polar surface area (TPSA) is 34.2 Å². The van der Waals surface area contributed by atoms with Gasteiger partial charge < -0.3 is 10.1 Å². The summed E-state index contributed by atoms with van der Waals surface area (Å²) in [5.41, 5.74) is 2.46. The molecule has 1 aromatic heterocycles. The average molecular weight is 304 g/mol. The lowest BCUT2D eigenvalue weighted by Gasteiger charge is -2.09. The molecule has 0 aliphatic rings. The molecule has 0 atom stereocenters. The largest absolute Gasteiger partial charge is 0.486 e. The summed E-state index contributed by atoms with van der Waals surface area (Å²) in [6.45, 7) is 8.92. The molecule has 1 heterocycles. The van der Waals surface area contributed by atoms with Gasteiger partial charge in [0.05, 0.1) is 0 Å². The highest BCUT2D eigenvalue weighted by molar-refractivity contribution is 7.11. The van der Waals surface area contributed by atoms with E-state index in [1.807, 2.05) is 18.3 Å². The predicted octanol–water partition coefficient (Wildman–Crippen LogP) is 4.23. The van der Waals surface area contributed by atoms with E-state index in [0.717, 1.165) is 23.8 Å². The SMILES string of the molecule is CCCCNCc1cnc(COc2cccc(C)c2C)s1. The number of aromatic nitrogens is 1. The first-order chi connectivity index (χ1) is 10.2. The van der Waals surface area contributed by atoms with E-state index in [-0.39, 0.29) is 0 Å². The Morgan fingerprint density at radius 1 is 1.29 bits per heavy atom. The van der Waals surface area contributed by atoms with Crippen molar-refractivity contribution in [3.63, 3.8) is 0 Å². The van der Waals surface area contributed by atoms with Crippen molar-refractivity contribution in [3.8, 4) is 5.75 Å². The lowest BCUT2D eigenvalue weighted by Crippen LogP contribution is -2.13. The summed E-state index contributed by atoms with van der Waals surface area (Å²) in [6.07, 6.45) is 4.40. The fraction of sp³-hybridized carbons (Fsp3) is 0.471. The van der Waals surface area contributed by atoms with Crippen molar-refractivity contribution in [2.75, 3.05) is 6.54 Å². The maximum Gasteiger partial charge on any atom is 0.140 e. The highest BCUT2D eigenvalue weighted by Gasteiger charge is 2.05. The average Bonchev–Trinajstić information content (AvgIpc) is 2.93. The number of benzene rings is 1. The van der Waals surface area contributed by atoms with Gasteiger partial charge in [0.2, 0.25) is 0 Å². The first kappa shape index (κ1) is 16.0. The minimum atomic E-state index is 0.546. The summed E-state index contributed by atoms with van der Waals surface area (Å²) in [7, 11) is 0. The number of nitrogens with zero attached hydrogens (tertiary/aromatic N) is 1. The second kappa shape index (κ2) is 8.15. The van der Waals surface area contributed by atoms with Crippen molar-refractivity contribution in [2.45, 2.75) is 46.8 Å². The summed E-state index contributed by atoms with van der Waals surface area (Å²) in [5.74, 6) is 0.952. The molecule has 4 heteroatoms. The van der Waals surface area contributed by atoms with Crippen LogP contribution in [0.3, 0.4) is 0 Å². The lowest BCUT2D eigenvalue weighted by molar-refractivity contribution is 0.303. The van der Waals surface area contributed by atoms with E-state index < -0.39 is 0 Å². The Labute approximate surface area is 131 Å². The molecular formula is C17H24N2OS. The van der Waals surface area contributed by atoms with Crippen LogP contribution in [0.15, 0.2) is 24.4 Å². The number of hydrogen-bond acceptors (Lipinski definition) is 4. The molecule has 1 aromatic carbocycles. The Balaban J connectivity index is 1.84. The fourth-order valence-corrected chi connectivity index (χ4v) is 2.84. The van der Waals surface area contributed by atoms with Crippen LogP contribution in [0.1, 0.15) is 40.8 Å². The normalized spacial score (nSPS) is 10.8. The number of nitrogens with one attached hydrogen (secondary N) is 1. The quantitative estimate of drug-likeness (QED) is 0.741. The minimum absolute atomic E-state index is 0.546. The predicted molar refractivity (Wildman–Crippen MR) is 89.0 cm³/mol. The van der Waals surface area contributed by atoms with E-state index in [4.69, 9.17) is 4.74 Å². The Morgan fingerprint density at radius 2 is 2.14 bits per heavy atom. The molecule has 0 spiro atoms. The molecule has 114 valence electrons. The first-order valence-electron chi connectivity index (χ1n) is 7.54. The number of unbranched alkanes of at least 4 members (excludes halogenated alkanes) is 1. The molecule has 0 radical (unpaired) electrons. The molecule has 0 bridgehead atoms. The molecule has 2 aromatic rings. The smallest absolute Gasteiger partial charge is 0.140 e. The van der Waals surface area contributed by atoms with Gasteiger partial charge in [-0.25, -0.2) is 4.98 Å². The van der Waals surface area contributed by atoms with Gasteiger partial charge in [-0.2, -0.15) is 0 Å². The molecule has 1 N–H and O–H groups in total. The zero-order valence-electron chi connectivity index (χ0n) is 13.1. The van der Waals surface area contributed by atoms with E-state index in [1.54, 1.807) is 11.3 Å². The first-order valence-corrected chi connectivity index (χ1v) is 8.35. The van der Waals surface area contributed by atoms with E-state index in [0.29, 0.717) is 6.61 Å². The van der Waals surface area contributed by atoms with Crippen LogP contribution in [0, 0.1) is 13.8 Å². The third-order valence-corrected chi connectivity index (χ3v) is 4.48. The summed E-state index contributed by atoms with van der Waals surface area (Å²) < 4.78 is 5.89. The molecule has 0 saturated heterocycles. The van der Waals surface area contributed by atoms with Crippen molar-refractivity contribution in [1.82, 2.24) is 10.3 Å². The number of aryl methyl sites for hydroxylation is 1. The van der Waals surface area contributed by atoms with Gasteiger partial charge in [-0.15, -0.1) is 11.3 Å². The van der Waals surface area contributed by atoms with Crippen LogP contribution in [0.5, 0.6) is 5.75 Å². The second-order valence-corrected chi connectivity index (χ2v) is 6.44. The lowest BCUT2D eigenvalue weighted by atomic mass is 10.1. The van der Waals surface area contributed by atoms with Gasteiger partial charge in [-0.05, 0) is 44.0 Å². The maximum atomic E-state index is 5.89. The summed E-state index contributed by atoms with van der Waals surface area (Å²) >= 11 is 1.72. The highest BCUT2D eigenvalue weighted by Crippen LogP contribution is 2.22. The van der Waals surface area contributed by atoms with Crippen molar-refractivity contribution >= 4 is 11.3 Å². The zero-order valence-corrected chi connectivity index (χ0v) is 13.9. The molecule has 0 fully saturated rings. The van der Waals surface area contributed by atoms with Crippen LogP contribution in [0.2, 0.25) is 0 Å². The van der Waals surface area contributed by atoms with Crippen LogP contribution in [-0.2, 0) is 13.2 Å². The van der Waals surface area contributed by atoms with Gasteiger partial charge in [-0.1, -0.05) is 25.5 Å². The number of ether oxygens (including phenoxy) is 1.